The fourth-order valence-electron chi connectivity index (χ4n) is 2.97. The Morgan fingerprint density at radius 1 is 1.29 bits per heavy atom. The fraction of sp³-hybridized carbons (Fsp3) is 0.812. The minimum Gasteiger partial charge on any atom is -0.351 e. The smallest absolute Gasteiger partial charge is 0.185 e. The molecule has 1 aromatic heterocycles. The molecule has 1 aliphatic carbocycles. The molecule has 1 aliphatic heterocycles. The van der Waals surface area contributed by atoms with E-state index in [9.17, 15) is 0 Å². The van der Waals surface area contributed by atoms with Gasteiger partial charge >= 0.3 is 0 Å². The van der Waals surface area contributed by atoms with E-state index in [4.69, 9.17) is 4.98 Å². The third-order valence-electron chi connectivity index (χ3n) is 4.71. The molecule has 2 aliphatic rings. The van der Waals surface area contributed by atoms with E-state index < -0.39 is 0 Å². The molecule has 4 nitrogen and oxygen atoms in total. The summed E-state index contributed by atoms with van der Waals surface area (Å²) in [4.78, 5) is 11.0. The van der Waals surface area contributed by atoms with Gasteiger partial charge in [0.15, 0.2) is 5.13 Å². The van der Waals surface area contributed by atoms with E-state index in [-0.39, 0.29) is 0 Å². The van der Waals surface area contributed by atoms with Crippen LogP contribution in [0.4, 0.5) is 5.13 Å². The predicted molar refractivity (Wildman–Crippen MR) is 90.2 cm³/mol. The molecule has 1 saturated carbocycles. The maximum absolute atomic E-state index is 4.78. The van der Waals surface area contributed by atoms with Crippen molar-refractivity contribution in [3.63, 3.8) is 0 Å². The van der Waals surface area contributed by atoms with E-state index in [0.29, 0.717) is 0 Å². The zero-order valence-electron chi connectivity index (χ0n) is 13.6. The fourth-order valence-corrected chi connectivity index (χ4v) is 3.96. The maximum atomic E-state index is 4.78. The van der Waals surface area contributed by atoms with Crippen molar-refractivity contribution in [3.8, 4) is 0 Å². The first-order chi connectivity index (χ1) is 10.1. The summed E-state index contributed by atoms with van der Waals surface area (Å²) in [5.41, 5.74) is 1.21. The standard InChI is InChI=1S/C16H28N4S/c1-12-15(10-17-14-4-5-14)21-16(18-12)20(3)11-13-6-8-19(2)9-7-13/h13-14,17H,4-11H2,1-3H3. The molecule has 0 bridgehead atoms. The van der Waals surface area contributed by atoms with Gasteiger partial charge in [0.2, 0.25) is 0 Å². The third kappa shape index (κ3) is 4.18. The van der Waals surface area contributed by atoms with E-state index in [1.54, 1.807) is 0 Å². The molecule has 2 heterocycles. The van der Waals surface area contributed by atoms with E-state index in [1.165, 1.54) is 54.5 Å². The van der Waals surface area contributed by atoms with Gasteiger partial charge in [-0.3, -0.25) is 0 Å². The minimum atomic E-state index is 0.770. The number of rotatable bonds is 6. The first-order valence-corrected chi connectivity index (χ1v) is 9.03. The number of piperidine rings is 1. The molecular formula is C16H28N4S. The monoisotopic (exact) mass is 308 g/mol. The Morgan fingerprint density at radius 3 is 2.67 bits per heavy atom. The lowest BCUT2D eigenvalue weighted by atomic mass is 9.97. The van der Waals surface area contributed by atoms with E-state index >= 15 is 0 Å². The Balaban J connectivity index is 1.53. The number of nitrogens with zero attached hydrogens (tertiary/aromatic N) is 3. The molecule has 2 fully saturated rings. The molecule has 1 N–H and O–H groups in total. The highest BCUT2D eigenvalue weighted by Gasteiger charge is 2.22. The molecule has 0 amide bonds. The molecule has 0 aromatic carbocycles. The van der Waals surface area contributed by atoms with Crippen molar-refractivity contribution >= 4 is 16.5 Å². The number of aryl methyl sites for hydroxylation is 1. The number of aromatic nitrogens is 1. The van der Waals surface area contributed by atoms with Crippen molar-refractivity contribution in [2.24, 2.45) is 5.92 Å². The van der Waals surface area contributed by atoms with Crippen molar-refractivity contribution in [1.29, 1.82) is 0 Å². The molecule has 5 heteroatoms. The second-order valence-corrected chi connectivity index (χ2v) is 7.85. The van der Waals surface area contributed by atoms with Crippen molar-refractivity contribution in [3.05, 3.63) is 10.6 Å². The summed E-state index contributed by atoms with van der Waals surface area (Å²) in [6.07, 6.45) is 5.34. The van der Waals surface area contributed by atoms with Crippen LogP contribution in [0.25, 0.3) is 0 Å². The molecule has 0 spiro atoms. The minimum absolute atomic E-state index is 0.770. The second kappa shape index (κ2) is 6.63. The highest BCUT2D eigenvalue weighted by Crippen LogP contribution is 2.28. The molecule has 0 unspecified atom stereocenters. The van der Waals surface area contributed by atoms with Crippen LogP contribution in [0, 0.1) is 12.8 Å². The molecule has 21 heavy (non-hydrogen) atoms. The predicted octanol–water partition coefficient (Wildman–Crippen LogP) is 2.48. The molecular weight excluding hydrogens is 280 g/mol. The zero-order chi connectivity index (χ0) is 14.8. The summed E-state index contributed by atoms with van der Waals surface area (Å²) in [5.74, 6) is 0.823. The number of hydrogen-bond donors (Lipinski definition) is 1. The van der Waals surface area contributed by atoms with Gasteiger partial charge < -0.3 is 15.1 Å². The Morgan fingerprint density at radius 2 is 2.00 bits per heavy atom. The first-order valence-electron chi connectivity index (χ1n) is 8.21. The number of thiazole rings is 1. The lowest BCUT2D eigenvalue weighted by Crippen LogP contribution is -2.35. The Hall–Kier alpha value is -0.650. The normalized spacial score (nSPS) is 20.9. The van der Waals surface area contributed by atoms with E-state index in [2.05, 4.69) is 36.1 Å². The van der Waals surface area contributed by atoms with Crippen LogP contribution in [0.1, 0.15) is 36.3 Å². The third-order valence-corrected chi connectivity index (χ3v) is 5.98. The summed E-state index contributed by atoms with van der Waals surface area (Å²) in [6.45, 7) is 6.78. The highest BCUT2D eigenvalue weighted by atomic mass is 32.1. The van der Waals surface area contributed by atoms with Crippen LogP contribution in [-0.4, -0.2) is 49.7 Å². The van der Waals surface area contributed by atoms with Gasteiger partial charge in [0.1, 0.15) is 0 Å². The summed E-state index contributed by atoms with van der Waals surface area (Å²) in [7, 11) is 4.43. The molecule has 0 atom stereocenters. The van der Waals surface area contributed by atoms with Crippen LogP contribution in [0.5, 0.6) is 0 Å². The Bertz CT molecular complexity index is 461. The van der Waals surface area contributed by atoms with Gasteiger partial charge in [0, 0.05) is 31.1 Å². The van der Waals surface area contributed by atoms with Crippen molar-refractivity contribution < 1.29 is 0 Å². The number of hydrogen-bond acceptors (Lipinski definition) is 5. The molecule has 0 radical (unpaired) electrons. The van der Waals surface area contributed by atoms with Gasteiger partial charge in [0.25, 0.3) is 0 Å². The largest absolute Gasteiger partial charge is 0.351 e. The van der Waals surface area contributed by atoms with Crippen LogP contribution in [0.15, 0.2) is 0 Å². The van der Waals surface area contributed by atoms with Gasteiger partial charge in [0.05, 0.1) is 5.69 Å². The van der Waals surface area contributed by atoms with Crippen LogP contribution in [-0.2, 0) is 6.54 Å². The summed E-state index contributed by atoms with van der Waals surface area (Å²) < 4.78 is 0. The number of nitrogens with one attached hydrogen (secondary N) is 1. The second-order valence-electron chi connectivity index (χ2n) is 6.79. The van der Waals surface area contributed by atoms with E-state index in [0.717, 1.165) is 25.0 Å². The number of likely N-dealkylation sites (tertiary alicyclic amines) is 1. The first kappa shape index (κ1) is 15.3. The van der Waals surface area contributed by atoms with Gasteiger partial charge in [-0.15, -0.1) is 11.3 Å². The van der Waals surface area contributed by atoms with Gasteiger partial charge in [-0.1, -0.05) is 0 Å². The average molecular weight is 308 g/mol. The molecule has 3 rings (SSSR count). The summed E-state index contributed by atoms with van der Waals surface area (Å²) in [6, 6.07) is 0.770. The Kier molecular flexibility index (Phi) is 4.82. The molecule has 118 valence electrons. The van der Waals surface area contributed by atoms with Crippen molar-refractivity contribution in [2.45, 2.75) is 45.2 Å². The van der Waals surface area contributed by atoms with Crippen LogP contribution in [0.2, 0.25) is 0 Å². The highest BCUT2D eigenvalue weighted by molar-refractivity contribution is 7.15. The SMILES string of the molecule is Cc1nc(N(C)CC2CCN(C)CC2)sc1CNC1CC1. The Labute approximate surface area is 132 Å². The lowest BCUT2D eigenvalue weighted by molar-refractivity contribution is 0.222. The van der Waals surface area contributed by atoms with Crippen molar-refractivity contribution in [1.82, 2.24) is 15.2 Å². The average Bonchev–Trinajstić information content (AvgIpc) is 3.22. The van der Waals surface area contributed by atoms with Crippen LogP contribution < -0.4 is 10.2 Å². The molecule has 1 saturated heterocycles. The quantitative estimate of drug-likeness (QED) is 0.875. The zero-order valence-corrected chi connectivity index (χ0v) is 14.4. The topological polar surface area (TPSA) is 31.4 Å². The van der Waals surface area contributed by atoms with E-state index in [1.807, 2.05) is 11.3 Å². The van der Waals surface area contributed by atoms with Crippen molar-refractivity contribution in [2.75, 3.05) is 38.6 Å². The van der Waals surface area contributed by atoms with Gasteiger partial charge in [-0.2, -0.15) is 0 Å². The molecule has 1 aromatic rings. The summed E-state index contributed by atoms with van der Waals surface area (Å²) in [5, 5.41) is 4.79. The maximum Gasteiger partial charge on any atom is 0.185 e. The number of anilines is 1. The van der Waals surface area contributed by atoms with Crippen LogP contribution >= 0.6 is 11.3 Å². The lowest BCUT2D eigenvalue weighted by Gasteiger charge is -2.31. The van der Waals surface area contributed by atoms with Gasteiger partial charge in [-0.05, 0) is 58.7 Å². The summed E-state index contributed by atoms with van der Waals surface area (Å²) >= 11 is 1.87. The van der Waals surface area contributed by atoms with Crippen LogP contribution in [0.3, 0.4) is 0 Å². The van der Waals surface area contributed by atoms with Gasteiger partial charge in [-0.25, -0.2) is 4.98 Å².